The molecule has 1 heterocycles. The average molecular weight is 226 g/mol. The molecule has 1 aromatic heterocycles. The zero-order valence-corrected chi connectivity index (χ0v) is 9.27. The topological polar surface area (TPSA) is 83.6 Å². The third-order valence-corrected chi connectivity index (χ3v) is 2.08. The molecule has 6 heteroatoms. The highest BCUT2D eigenvalue weighted by Gasteiger charge is 2.15. The smallest absolute Gasteiger partial charge is 0.303 e. The first-order valence-electron chi connectivity index (χ1n) is 4.91. The molecule has 0 atom stereocenters. The number of rotatable bonds is 5. The molecule has 0 fully saturated rings. The van der Waals surface area contributed by atoms with Crippen LogP contribution in [0.3, 0.4) is 0 Å². The van der Waals surface area contributed by atoms with Gasteiger partial charge in [0.1, 0.15) is 5.76 Å². The molecule has 0 spiro atoms. The van der Waals surface area contributed by atoms with Crippen LogP contribution in [-0.4, -0.2) is 40.6 Å². The van der Waals surface area contributed by atoms with E-state index in [0.29, 0.717) is 18.7 Å². The zero-order valence-electron chi connectivity index (χ0n) is 9.27. The lowest BCUT2D eigenvalue weighted by molar-refractivity contribution is -0.137. The molecule has 0 aliphatic carbocycles. The largest absolute Gasteiger partial charge is 0.481 e. The summed E-state index contributed by atoms with van der Waals surface area (Å²) in [6.45, 7) is 2.09. The Balaban J connectivity index is 2.45. The van der Waals surface area contributed by atoms with E-state index in [9.17, 15) is 9.59 Å². The van der Waals surface area contributed by atoms with E-state index in [4.69, 9.17) is 9.63 Å². The number of aromatic nitrogens is 1. The maximum atomic E-state index is 11.7. The summed E-state index contributed by atoms with van der Waals surface area (Å²) in [5.74, 6) is -0.553. The first-order chi connectivity index (χ1) is 7.50. The van der Waals surface area contributed by atoms with Gasteiger partial charge in [-0.3, -0.25) is 9.59 Å². The van der Waals surface area contributed by atoms with Gasteiger partial charge in [0.25, 0.3) is 5.91 Å². The van der Waals surface area contributed by atoms with Crippen LogP contribution in [0.4, 0.5) is 0 Å². The Morgan fingerprint density at radius 3 is 2.75 bits per heavy atom. The molecule has 0 aliphatic heterocycles. The number of carboxylic acids is 1. The van der Waals surface area contributed by atoms with Gasteiger partial charge in [-0.05, 0) is 13.3 Å². The van der Waals surface area contributed by atoms with E-state index < -0.39 is 5.97 Å². The summed E-state index contributed by atoms with van der Waals surface area (Å²) in [6, 6.07) is 1.55. The molecule has 16 heavy (non-hydrogen) atoms. The minimum atomic E-state index is -0.863. The van der Waals surface area contributed by atoms with Crippen molar-refractivity contribution in [2.75, 3.05) is 13.6 Å². The SMILES string of the molecule is Cc1cc(C(=O)N(C)CCCC(=O)O)no1. The summed E-state index contributed by atoms with van der Waals surface area (Å²) in [5.41, 5.74) is 0.246. The second-order valence-electron chi connectivity index (χ2n) is 3.55. The molecule has 0 saturated carbocycles. The van der Waals surface area contributed by atoms with Gasteiger partial charge in [-0.2, -0.15) is 0 Å². The number of amides is 1. The van der Waals surface area contributed by atoms with Gasteiger partial charge in [-0.1, -0.05) is 5.16 Å². The van der Waals surface area contributed by atoms with Crippen molar-refractivity contribution in [2.24, 2.45) is 0 Å². The second kappa shape index (κ2) is 5.29. The minimum absolute atomic E-state index is 0.0511. The van der Waals surface area contributed by atoms with Gasteiger partial charge >= 0.3 is 5.97 Å². The Labute approximate surface area is 92.8 Å². The van der Waals surface area contributed by atoms with Crippen molar-refractivity contribution in [3.8, 4) is 0 Å². The summed E-state index contributed by atoms with van der Waals surface area (Å²) in [5, 5.41) is 12.1. The summed E-state index contributed by atoms with van der Waals surface area (Å²) < 4.78 is 4.79. The zero-order chi connectivity index (χ0) is 12.1. The van der Waals surface area contributed by atoms with Gasteiger partial charge in [0.15, 0.2) is 5.69 Å². The lowest BCUT2D eigenvalue weighted by Crippen LogP contribution is -2.28. The van der Waals surface area contributed by atoms with Gasteiger partial charge in [0.2, 0.25) is 0 Å². The average Bonchev–Trinajstić information content (AvgIpc) is 2.63. The highest BCUT2D eigenvalue weighted by atomic mass is 16.5. The van der Waals surface area contributed by atoms with Crippen LogP contribution in [0.1, 0.15) is 29.1 Å². The standard InChI is InChI=1S/C10H14N2O4/c1-7-6-8(11-16-7)10(15)12(2)5-3-4-9(13)14/h6H,3-5H2,1-2H3,(H,13,14). The number of aliphatic carboxylic acids is 1. The van der Waals surface area contributed by atoms with Crippen LogP contribution >= 0.6 is 0 Å². The molecule has 0 saturated heterocycles. The Hall–Kier alpha value is -1.85. The number of carboxylic acid groups (broad SMARTS) is 1. The highest BCUT2D eigenvalue weighted by Crippen LogP contribution is 2.05. The molecule has 6 nitrogen and oxygen atoms in total. The van der Waals surface area contributed by atoms with E-state index in [1.54, 1.807) is 20.0 Å². The molecule has 0 bridgehead atoms. The maximum Gasteiger partial charge on any atom is 0.303 e. The fraction of sp³-hybridized carbons (Fsp3) is 0.500. The Kier molecular flexibility index (Phi) is 4.04. The van der Waals surface area contributed by atoms with Gasteiger partial charge in [-0.25, -0.2) is 0 Å². The first-order valence-corrected chi connectivity index (χ1v) is 4.91. The van der Waals surface area contributed by atoms with E-state index in [1.807, 2.05) is 0 Å². The molecule has 0 unspecified atom stereocenters. The molecule has 0 radical (unpaired) electrons. The Bertz CT molecular complexity index is 386. The number of carbonyl (C=O) groups is 2. The van der Waals surface area contributed by atoms with E-state index in [2.05, 4.69) is 5.16 Å². The van der Waals surface area contributed by atoms with Crippen LogP contribution in [0.5, 0.6) is 0 Å². The predicted molar refractivity (Wildman–Crippen MR) is 55.1 cm³/mol. The van der Waals surface area contributed by atoms with Gasteiger partial charge in [-0.15, -0.1) is 0 Å². The third kappa shape index (κ3) is 3.38. The second-order valence-corrected chi connectivity index (χ2v) is 3.55. The molecule has 1 amide bonds. The van der Waals surface area contributed by atoms with Crippen molar-refractivity contribution in [3.05, 3.63) is 17.5 Å². The molecular weight excluding hydrogens is 212 g/mol. The molecule has 1 rings (SSSR count). The number of carbonyl (C=O) groups excluding carboxylic acids is 1. The first kappa shape index (κ1) is 12.2. The molecule has 0 aliphatic rings. The summed E-state index contributed by atoms with van der Waals surface area (Å²) in [4.78, 5) is 23.4. The summed E-state index contributed by atoms with van der Waals surface area (Å²) in [7, 11) is 1.61. The van der Waals surface area contributed by atoms with E-state index in [1.165, 1.54) is 4.90 Å². The number of aryl methyl sites for hydroxylation is 1. The van der Waals surface area contributed by atoms with E-state index in [-0.39, 0.29) is 18.0 Å². The van der Waals surface area contributed by atoms with Crippen LogP contribution in [0.2, 0.25) is 0 Å². The fourth-order valence-corrected chi connectivity index (χ4v) is 1.23. The molecular formula is C10H14N2O4. The van der Waals surface area contributed by atoms with Gasteiger partial charge in [0.05, 0.1) is 0 Å². The molecule has 1 aromatic rings. The minimum Gasteiger partial charge on any atom is -0.481 e. The molecule has 1 N–H and O–H groups in total. The van der Waals surface area contributed by atoms with Crippen LogP contribution < -0.4 is 0 Å². The summed E-state index contributed by atoms with van der Waals surface area (Å²) >= 11 is 0. The predicted octanol–water partition coefficient (Wildman–Crippen LogP) is 0.920. The quantitative estimate of drug-likeness (QED) is 0.807. The van der Waals surface area contributed by atoms with Gasteiger partial charge in [0, 0.05) is 26.1 Å². The number of hydrogen-bond donors (Lipinski definition) is 1. The lowest BCUT2D eigenvalue weighted by Gasteiger charge is -2.14. The van der Waals surface area contributed by atoms with Gasteiger partial charge < -0.3 is 14.5 Å². The Morgan fingerprint density at radius 2 is 2.25 bits per heavy atom. The third-order valence-electron chi connectivity index (χ3n) is 2.08. The lowest BCUT2D eigenvalue weighted by atomic mass is 10.3. The van der Waals surface area contributed by atoms with Crippen molar-refractivity contribution in [3.63, 3.8) is 0 Å². The molecule has 0 aromatic carbocycles. The Morgan fingerprint density at radius 1 is 1.56 bits per heavy atom. The van der Waals surface area contributed by atoms with Crippen LogP contribution in [-0.2, 0) is 4.79 Å². The van der Waals surface area contributed by atoms with Crippen molar-refractivity contribution in [1.29, 1.82) is 0 Å². The van der Waals surface area contributed by atoms with E-state index in [0.717, 1.165) is 0 Å². The monoisotopic (exact) mass is 226 g/mol. The van der Waals surface area contributed by atoms with Crippen molar-refractivity contribution >= 4 is 11.9 Å². The van der Waals surface area contributed by atoms with Crippen LogP contribution in [0, 0.1) is 6.92 Å². The van der Waals surface area contributed by atoms with Crippen LogP contribution in [0.15, 0.2) is 10.6 Å². The van der Waals surface area contributed by atoms with Crippen LogP contribution in [0.25, 0.3) is 0 Å². The van der Waals surface area contributed by atoms with E-state index >= 15 is 0 Å². The summed E-state index contributed by atoms with van der Waals surface area (Å²) in [6.07, 6.45) is 0.476. The fourth-order valence-electron chi connectivity index (χ4n) is 1.23. The highest BCUT2D eigenvalue weighted by molar-refractivity contribution is 5.92. The van der Waals surface area contributed by atoms with Crippen molar-refractivity contribution < 1.29 is 19.2 Å². The maximum absolute atomic E-state index is 11.7. The van der Waals surface area contributed by atoms with Crippen molar-refractivity contribution in [2.45, 2.75) is 19.8 Å². The molecule has 88 valence electrons. The number of nitrogens with zero attached hydrogens (tertiary/aromatic N) is 2. The number of hydrogen-bond acceptors (Lipinski definition) is 4. The van der Waals surface area contributed by atoms with Crippen molar-refractivity contribution in [1.82, 2.24) is 10.1 Å². The normalized spacial score (nSPS) is 10.1.